The van der Waals surface area contributed by atoms with Crippen LogP contribution in [-0.2, 0) is 19.9 Å². The maximum absolute atomic E-state index is 11.7. The molecule has 1 aliphatic carbocycles. The van der Waals surface area contributed by atoms with E-state index in [0.29, 0.717) is 16.4 Å². The molecule has 0 radical (unpaired) electrons. The van der Waals surface area contributed by atoms with Crippen LogP contribution in [0.1, 0.15) is 31.9 Å². The zero-order valence-electron chi connectivity index (χ0n) is 14.3. The number of hydrogen-bond donors (Lipinski definition) is 1. The SMILES string of the molecule is Cc1ccc(Oc2sc(C(=O)O)c3c2-c2c(cnn2C)CC3)cc1C. The Kier molecular flexibility index (Phi) is 3.65. The van der Waals surface area contributed by atoms with Crippen molar-refractivity contribution in [2.75, 3.05) is 0 Å². The smallest absolute Gasteiger partial charge is 0.346 e. The molecule has 0 aliphatic heterocycles. The average molecular weight is 354 g/mol. The van der Waals surface area contributed by atoms with Gasteiger partial charge < -0.3 is 9.84 Å². The van der Waals surface area contributed by atoms with Crippen LogP contribution in [-0.4, -0.2) is 20.9 Å². The molecule has 0 unspecified atom stereocenters. The minimum atomic E-state index is -0.901. The van der Waals surface area contributed by atoms with Gasteiger partial charge in [0.05, 0.1) is 17.5 Å². The maximum Gasteiger partial charge on any atom is 0.346 e. The molecule has 25 heavy (non-hydrogen) atoms. The first kappa shape index (κ1) is 15.9. The highest BCUT2D eigenvalue weighted by molar-refractivity contribution is 7.16. The van der Waals surface area contributed by atoms with Gasteiger partial charge in [-0.2, -0.15) is 5.10 Å². The number of carboxylic acid groups (broad SMARTS) is 1. The molecule has 0 saturated carbocycles. The number of hydrogen-bond acceptors (Lipinski definition) is 4. The molecule has 0 saturated heterocycles. The Bertz CT molecular complexity index is 1000. The monoisotopic (exact) mass is 354 g/mol. The number of thiophene rings is 1. The standard InChI is InChI=1S/C19H18N2O3S/c1-10-4-6-13(8-11(10)2)24-19-15-14(17(25-19)18(22)23)7-5-12-9-20-21(3)16(12)15/h4,6,8-9H,5,7H2,1-3H3,(H,22,23). The van der Waals surface area contributed by atoms with Crippen molar-refractivity contribution in [3.05, 3.63) is 51.5 Å². The van der Waals surface area contributed by atoms with Crippen molar-refractivity contribution >= 4 is 17.3 Å². The summed E-state index contributed by atoms with van der Waals surface area (Å²) in [5.41, 5.74) is 6.16. The molecule has 3 aromatic rings. The van der Waals surface area contributed by atoms with Crippen LogP contribution in [0.25, 0.3) is 11.3 Å². The summed E-state index contributed by atoms with van der Waals surface area (Å²) in [6.07, 6.45) is 3.36. The predicted octanol–water partition coefficient (Wildman–Crippen LogP) is 4.35. The Balaban J connectivity index is 1.87. The lowest BCUT2D eigenvalue weighted by atomic mass is 9.92. The molecule has 1 aromatic carbocycles. The predicted molar refractivity (Wildman–Crippen MR) is 96.9 cm³/mol. The van der Waals surface area contributed by atoms with Crippen LogP contribution >= 0.6 is 11.3 Å². The van der Waals surface area contributed by atoms with E-state index in [4.69, 9.17) is 4.74 Å². The van der Waals surface area contributed by atoms with E-state index < -0.39 is 5.97 Å². The third-order valence-corrected chi connectivity index (χ3v) is 5.85. The molecular formula is C19H18N2O3S. The van der Waals surface area contributed by atoms with E-state index in [1.807, 2.05) is 38.4 Å². The number of carboxylic acids is 1. The third-order valence-electron chi connectivity index (χ3n) is 4.75. The Morgan fingerprint density at radius 3 is 2.80 bits per heavy atom. The highest BCUT2D eigenvalue weighted by atomic mass is 32.1. The minimum Gasteiger partial charge on any atom is -0.477 e. The van der Waals surface area contributed by atoms with Gasteiger partial charge in [0.2, 0.25) is 0 Å². The van der Waals surface area contributed by atoms with Crippen molar-refractivity contribution < 1.29 is 14.6 Å². The van der Waals surface area contributed by atoms with Crippen molar-refractivity contribution in [3.8, 4) is 22.1 Å². The molecule has 0 bridgehead atoms. The van der Waals surface area contributed by atoms with Gasteiger partial charge in [0.25, 0.3) is 0 Å². The molecule has 0 fully saturated rings. The topological polar surface area (TPSA) is 64.3 Å². The minimum absolute atomic E-state index is 0.362. The van der Waals surface area contributed by atoms with Gasteiger partial charge in [-0.1, -0.05) is 17.4 Å². The fourth-order valence-corrected chi connectivity index (χ4v) is 4.36. The van der Waals surface area contributed by atoms with Gasteiger partial charge in [-0.25, -0.2) is 4.79 Å². The lowest BCUT2D eigenvalue weighted by molar-refractivity contribution is 0.0701. The molecule has 5 nitrogen and oxygen atoms in total. The average Bonchev–Trinajstić information content (AvgIpc) is 3.12. The number of rotatable bonds is 3. The maximum atomic E-state index is 11.7. The molecule has 1 N–H and O–H groups in total. The highest BCUT2D eigenvalue weighted by Crippen LogP contribution is 2.48. The van der Waals surface area contributed by atoms with E-state index in [9.17, 15) is 9.90 Å². The van der Waals surface area contributed by atoms with Gasteiger partial charge >= 0.3 is 5.97 Å². The van der Waals surface area contributed by atoms with Crippen molar-refractivity contribution in [1.29, 1.82) is 0 Å². The van der Waals surface area contributed by atoms with Gasteiger partial charge in [-0.3, -0.25) is 4.68 Å². The van der Waals surface area contributed by atoms with Crippen LogP contribution in [0.5, 0.6) is 10.8 Å². The van der Waals surface area contributed by atoms with Crippen LogP contribution in [0.15, 0.2) is 24.4 Å². The van der Waals surface area contributed by atoms with Crippen LogP contribution in [0.3, 0.4) is 0 Å². The molecule has 0 atom stereocenters. The van der Waals surface area contributed by atoms with Gasteiger partial charge in [0.1, 0.15) is 10.6 Å². The number of aromatic carboxylic acids is 1. The second kappa shape index (κ2) is 5.74. The lowest BCUT2D eigenvalue weighted by Gasteiger charge is -2.16. The summed E-state index contributed by atoms with van der Waals surface area (Å²) >= 11 is 1.20. The third kappa shape index (κ3) is 2.53. The summed E-state index contributed by atoms with van der Waals surface area (Å²) in [5.74, 6) is -0.180. The number of carbonyl (C=O) groups is 1. The van der Waals surface area contributed by atoms with E-state index in [1.165, 1.54) is 16.9 Å². The Labute approximate surface area is 149 Å². The first-order chi connectivity index (χ1) is 12.0. The lowest BCUT2D eigenvalue weighted by Crippen LogP contribution is -2.08. The van der Waals surface area contributed by atoms with Gasteiger partial charge in [-0.15, -0.1) is 0 Å². The number of aromatic nitrogens is 2. The second-order valence-corrected chi connectivity index (χ2v) is 7.35. The van der Waals surface area contributed by atoms with E-state index in [1.54, 1.807) is 4.68 Å². The number of ether oxygens (including phenoxy) is 1. The van der Waals surface area contributed by atoms with Crippen molar-refractivity contribution in [2.24, 2.45) is 7.05 Å². The van der Waals surface area contributed by atoms with E-state index in [-0.39, 0.29) is 0 Å². The Morgan fingerprint density at radius 2 is 2.08 bits per heavy atom. The van der Waals surface area contributed by atoms with Crippen LogP contribution in [0.2, 0.25) is 0 Å². The Hall–Kier alpha value is -2.60. The first-order valence-electron chi connectivity index (χ1n) is 8.11. The second-order valence-electron chi connectivity index (χ2n) is 6.37. The highest BCUT2D eigenvalue weighted by Gasteiger charge is 2.31. The first-order valence-corrected chi connectivity index (χ1v) is 8.92. The molecule has 128 valence electrons. The van der Waals surface area contributed by atoms with E-state index in [2.05, 4.69) is 12.0 Å². The molecule has 0 amide bonds. The molecule has 2 aromatic heterocycles. The van der Waals surface area contributed by atoms with E-state index >= 15 is 0 Å². The summed E-state index contributed by atoms with van der Waals surface area (Å²) in [6.45, 7) is 4.09. The summed E-state index contributed by atoms with van der Waals surface area (Å²) in [5, 5.41) is 14.6. The zero-order valence-corrected chi connectivity index (χ0v) is 15.1. The molecule has 2 heterocycles. The number of nitrogens with zero attached hydrogens (tertiary/aromatic N) is 2. The van der Waals surface area contributed by atoms with Crippen molar-refractivity contribution in [3.63, 3.8) is 0 Å². The molecule has 4 rings (SSSR count). The van der Waals surface area contributed by atoms with Crippen LogP contribution in [0, 0.1) is 13.8 Å². The van der Waals surface area contributed by atoms with E-state index in [0.717, 1.165) is 40.1 Å². The van der Waals surface area contributed by atoms with Crippen LogP contribution < -0.4 is 4.74 Å². The van der Waals surface area contributed by atoms with Crippen LogP contribution in [0.4, 0.5) is 0 Å². The quantitative estimate of drug-likeness (QED) is 0.759. The molecular weight excluding hydrogens is 336 g/mol. The number of benzene rings is 1. The fraction of sp³-hybridized carbons (Fsp3) is 0.263. The fourth-order valence-electron chi connectivity index (χ4n) is 3.30. The zero-order chi connectivity index (χ0) is 17.7. The summed E-state index contributed by atoms with van der Waals surface area (Å²) in [4.78, 5) is 12.1. The molecule has 1 aliphatic rings. The summed E-state index contributed by atoms with van der Waals surface area (Å²) < 4.78 is 7.94. The largest absolute Gasteiger partial charge is 0.477 e. The number of fused-ring (bicyclic) bond motifs is 3. The normalized spacial score (nSPS) is 12.6. The van der Waals surface area contributed by atoms with Gasteiger partial charge in [0.15, 0.2) is 5.06 Å². The summed E-state index contributed by atoms with van der Waals surface area (Å²) in [7, 11) is 1.88. The molecule has 0 spiro atoms. The van der Waals surface area contributed by atoms with Gasteiger partial charge in [-0.05, 0) is 61.1 Å². The Morgan fingerprint density at radius 1 is 1.28 bits per heavy atom. The van der Waals surface area contributed by atoms with Crippen molar-refractivity contribution in [1.82, 2.24) is 9.78 Å². The molecule has 6 heteroatoms. The van der Waals surface area contributed by atoms with Gasteiger partial charge in [0, 0.05) is 7.05 Å². The van der Waals surface area contributed by atoms with Crippen molar-refractivity contribution in [2.45, 2.75) is 26.7 Å². The number of aryl methyl sites for hydroxylation is 4. The summed E-state index contributed by atoms with van der Waals surface area (Å²) in [6, 6.07) is 5.91.